The number of hydrogen-bond donors (Lipinski definition) is 3. The molecule has 0 aromatic heterocycles. The van der Waals surface area contributed by atoms with Crippen LogP contribution in [-0.4, -0.2) is 42.0 Å². The zero-order valence-electron chi connectivity index (χ0n) is 15.1. The number of nitrogens with one attached hydrogen (secondary N) is 3. The van der Waals surface area contributed by atoms with E-state index in [0.29, 0.717) is 24.3 Å². The van der Waals surface area contributed by atoms with Gasteiger partial charge in [-0.15, -0.1) is 0 Å². The first-order valence-electron chi connectivity index (χ1n) is 8.80. The van der Waals surface area contributed by atoms with Crippen molar-refractivity contribution < 1.29 is 19.1 Å². The van der Waals surface area contributed by atoms with Gasteiger partial charge in [0.1, 0.15) is 11.3 Å². The van der Waals surface area contributed by atoms with Crippen molar-refractivity contribution in [1.29, 1.82) is 0 Å². The molecule has 140 valence electrons. The second-order valence-electron chi connectivity index (χ2n) is 6.81. The van der Waals surface area contributed by atoms with Crippen molar-refractivity contribution >= 4 is 23.5 Å². The molecule has 1 saturated carbocycles. The predicted octanol–water partition coefficient (Wildman–Crippen LogP) is 1.70. The second-order valence-corrected chi connectivity index (χ2v) is 6.81. The summed E-state index contributed by atoms with van der Waals surface area (Å²) in [6, 6.07) is 5.00. The van der Waals surface area contributed by atoms with Crippen LogP contribution in [-0.2, 0) is 9.59 Å². The highest BCUT2D eigenvalue weighted by Crippen LogP contribution is 2.33. The second kappa shape index (κ2) is 7.23. The fraction of sp³-hybridized carbons (Fsp3) is 0.500. The minimum absolute atomic E-state index is 0.0934. The van der Waals surface area contributed by atoms with Crippen LogP contribution in [0, 0.1) is 6.92 Å². The molecule has 1 heterocycles. The molecule has 0 radical (unpaired) electrons. The number of hydrazine groups is 1. The Labute approximate surface area is 152 Å². The van der Waals surface area contributed by atoms with E-state index in [0.717, 1.165) is 29.8 Å². The number of ether oxygens (including phenoxy) is 1. The number of carbonyl (C=O) groups is 3. The summed E-state index contributed by atoms with van der Waals surface area (Å²) in [7, 11) is 1.55. The van der Waals surface area contributed by atoms with E-state index in [1.54, 1.807) is 13.2 Å². The van der Waals surface area contributed by atoms with Crippen LogP contribution < -0.4 is 20.8 Å². The van der Waals surface area contributed by atoms with Gasteiger partial charge in [-0.1, -0.05) is 25.3 Å². The summed E-state index contributed by atoms with van der Waals surface area (Å²) in [6.45, 7) is 1.84. The van der Waals surface area contributed by atoms with Crippen LogP contribution in [0.2, 0.25) is 0 Å². The Morgan fingerprint density at radius 1 is 1.27 bits per heavy atom. The summed E-state index contributed by atoms with van der Waals surface area (Å²) in [6.07, 6.45) is 4.07. The van der Waals surface area contributed by atoms with E-state index in [2.05, 4.69) is 16.1 Å². The van der Waals surface area contributed by atoms with Crippen molar-refractivity contribution in [3.05, 3.63) is 23.8 Å². The van der Waals surface area contributed by atoms with Crippen LogP contribution in [0.25, 0.3) is 0 Å². The van der Waals surface area contributed by atoms with Crippen molar-refractivity contribution in [2.24, 2.45) is 0 Å². The van der Waals surface area contributed by atoms with Gasteiger partial charge in [-0.05, 0) is 37.5 Å². The molecule has 8 nitrogen and oxygen atoms in total. The Balaban J connectivity index is 1.61. The topological polar surface area (TPSA) is 99.8 Å². The molecule has 1 aromatic rings. The average molecular weight is 360 g/mol. The molecule has 0 atom stereocenters. The van der Waals surface area contributed by atoms with Gasteiger partial charge >= 0.3 is 6.03 Å². The fourth-order valence-electron chi connectivity index (χ4n) is 3.52. The van der Waals surface area contributed by atoms with Crippen LogP contribution in [0.4, 0.5) is 10.5 Å². The molecule has 26 heavy (non-hydrogen) atoms. The maximum Gasteiger partial charge on any atom is 0.344 e. The van der Waals surface area contributed by atoms with Gasteiger partial charge in [-0.25, -0.2) is 4.79 Å². The normalized spacial score (nSPS) is 18.6. The molecule has 1 saturated heterocycles. The summed E-state index contributed by atoms with van der Waals surface area (Å²) in [5.74, 6) is -0.242. The Kier molecular flexibility index (Phi) is 5.01. The monoisotopic (exact) mass is 360 g/mol. The third-order valence-corrected chi connectivity index (χ3v) is 4.90. The number of rotatable bonds is 5. The molecule has 4 amide bonds. The van der Waals surface area contributed by atoms with E-state index in [4.69, 9.17) is 4.74 Å². The number of imide groups is 1. The fourth-order valence-corrected chi connectivity index (χ4v) is 3.52. The molecule has 1 spiro atoms. The number of urea groups is 1. The Morgan fingerprint density at radius 3 is 2.69 bits per heavy atom. The van der Waals surface area contributed by atoms with Gasteiger partial charge in [0, 0.05) is 0 Å². The molecule has 8 heteroatoms. The quantitative estimate of drug-likeness (QED) is 0.694. The number of amides is 4. The van der Waals surface area contributed by atoms with Crippen molar-refractivity contribution in [2.45, 2.75) is 44.6 Å². The number of carbonyl (C=O) groups excluding carboxylic acids is 3. The van der Waals surface area contributed by atoms with E-state index in [9.17, 15) is 14.4 Å². The highest BCUT2D eigenvalue weighted by molar-refractivity contribution is 6.08. The first-order chi connectivity index (χ1) is 12.4. The van der Waals surface area contributed by atoms with Gasteiger partial charge in [0.2, 0.25) is 0 Å². The minimum atomic E-state index is -0.851. The smallest absolute Gasteiger partial charge is 0.344 e. The molecule has 2 fully saturated rings. The van der Waals surface area contributed by atoms with E-state index in [1.807, 2.05) is 19.1 Å². The first-order valence-corrected chi connectivity index (χ1v) is 8.80. The van der Waals surface area contributed by atoms with Crippen LogP contribution in [0.3, 0.4) is 0 Å². The summed E-state index contributed by atoms with van der Waals surface area (Å²) in [4.78, 5) is 37.0. The van der Waals surface area contributed by atoms with Crippen molar-refractivity contribution in [1.82, 2.24) is 15.8 Å². The molecule has 2 aliphatic rings. The maximum atomic E-state index is 12.6. The third-order valence-electron chi connectivity index (χ3n) is 4.90. The van der Waals surface area contributed by atoms with E-state index >= 15 is 0 Å². The number of benzene rings is 1. The summed E-state index contributed by atoms with van der Waals surface area (Å²) >= 11 is 0. The molecule has 3 rings (SSSR count). The number of hydrogen-bond acceptors (Lipinski definition) is 5. The molecular formula is C18H24N4O4. The maximum absolute atomic E-state index is 12.6. The molecule has 0 bridgehead atoms. The van der Waals surface area contributed by atoms with Gasteiger partial charge < -0.3 is 15.4 Å². The number of methoxy groups -OCH3 is 1. The van der Waals surface area contributed by atoms with Crippen molar-refractivity contribution in [3.63, 3.8) is 0 Å². The first kappa shape index (κ1) is 18.0. The molecule has 1 aliphatic carbocycles. The van der Waals surface area contributed by atoms with E-state index < -0.39 is 17.5 Å². The van der Waals surface area contributed by atoms with Gasteiger partial charge in [0.05, 0.1) is 19.3 Å². The Morgan fingerprint density at radius 2 is 2.00 bits per heavy atom. The van der Waals surface area contributed by atoms with E-state index in [1.165, 1.54) is 0 Å². The lowest BCUT2D eigenvalue weighted by Crippen LogP contribution is -2.51. The standard InChI is InChI=1S/C18H24N4O4/c1-12-6-7-14(26-2)13(10-12)19-11-15(23)21-22-16(24)18(20-17(22)25)8-4-3-5-9-18/h6-7,10,19H,3-5,8-9,11H2,1-2H3,(H,20,25)(H,21,23). The van der Waals surface area contributed by atoms with Crippen LogP contribution >= 0.6 is 0 Å². The number of aryl methyl sites for hydroxylation is 1. The lowest BCUT2D eigenvalue weighted by Gasteiger charge is -2.30. The van der Waals surface area contributed by atoms with Crippen LogP contribution in [0.15, 0.2) is 18.2 Å². The van der Waals surface area contributed by atoms with Gasteiger partial charge in [0.25, 0.3) is 11.8 Å². The van der Waals surface area contributed by atoms with Gasteiger partial charge in [0.15, 0.2) is 0 Å². The summed E-state index contributed by atoms with van der Waals surface area (Å²) in [5, 5.41) is 6.54. The summed E-state index contributed by atoms with van der Waals surface area (Å²) in [5.41, 5.74) is 3.24. The third kappa shape index (κ3) is 3.44. The summed E-state index contributed by atoms with van der Waals surface area (Å²) < 4.78 is 5.25. The van der Waals surface area contributed by atoms with Crippen LogP contribution in [0.1, 0.15) is 37.7 Å². The lowest BCUT2D eigenvalue weighted by molar-refractivity contribution is -0.139. The van der Waals surface area contributed by atoms with Crippen LogP contribution in [0.5, 0.6) is 5.75 Å². The zero-order chi connectivity index (χ0) is 18.7. The zero-order valence-corrected chi connectivity index (χ0v) is 15.1. The Bertz CT molecular complexity index is 728. The predicted molar refractivity (Wildman–Crippen MR) is 95.6 cm³/mol. The SMILES string of the molecule is COc1ccc(C)cc1NCC(=O)NN1C(=O)NC2(CCCCC2)C1=O. The highest BCUT2D eigenvalue weighted by atomic mass is 16.5. The minimum Gasteiger partial charge on any atom is -0.495 e. The van der Waals surface area contributed by atoms with Crippen molar-refractivity contribution in [3.8, 4) is 5.75 Å². The largest absolute Gasteiger partial charge is 0.495 e. The van der Waals surface area contributed by atoms with E-state index in [-0.39, 0.29) is 12.5 Å². The molecule has 1 aromatic carbocycles. The molecule has 1 aliphatic heterocycles. The average Bonchev–Trinajstić information content (AvgIpc) is 2.85. The van der Waals surface area contributed by atoms with Gasteiger partial charge in [-0.2, -0.15) is 5.01 Å². The lowest BCUT2D eigenvalue weighted by atomic mass is 9.82. The molecular weight excluding hydrogens is 336 g/mol. The molecule has 3 N–H and O–H groups in total. The highest BCUT2D eigenvalue weighted by Gasteiger charge is 2.52. The molecule has 0 unspecified atom stereocenters. The van der Waals surface area contributed by atoms with Crippen molar-refractivity contribution in [2.75, 3.05) is 19.0 Å². The van der Waals surface area contributed by atoms with Gasteiger partial charge in [-0.3, -0.25) is 15.0 Å². The Hall–Kier alpha value is -2.77. The number of nitrogens with zero attached hydrogens (tertiary/aromatic N) is 1. The number of anilines is 1.